The van der Waals surface area contributed by atoms with Gasteiger partial charge in [-0.15, -0.1) is 0 Å². The van der Waals surface area contributed by atoms with Gasteiger partial charge in [-0.3, -0.25) is 9.78 Å². The van der Waals surface area contributed by atoms with Crippen LogP contribution in [0.4, 0.5) is 0 Å². The molecule has 128 valence electrons. The van der Waals surface area contributed by atoms with Gasteiger partial charge < -0.3 is 19.1 Å². The predicted molar refractivity (Wildman–Crippen MR) is 90.6 cm³/mol. The van der Waals surface area contributed by atoms with Gasteiger partial charge in [0.15, 0.2) is 6.61 Å². The average Bonchev–Trinajstić information content (AvgIpc) is 2.64. The summed E-state index contributed by atoms with van der Waals surface area (Å²) in [4.78, 5) is 17.8. The zero-order chi connectivity index (χ0) is 17.4. The fourth-order valence-electron chi connectivity index (χ4n) is 2.09. The first kappa shape index (κ1) is 17.6. The molecule has 1 aromatic heterocycles. The van der Waals surface area contributed by atoms with Gasteiger partial charge in [-0.1, -0.05) is 0 Å². The number of ether oxygens (including phenoxy) is 3. The van der Waals surface area contributed by atoms with Crippen LogP contribution in [0.15, 0.2) is 42.7 Å². The van der Waals surface area contributed by atoms with Crippen LogP contribution in [0, 0.1) is 0 Å². The first-order valence-corrected chi connectivity index (χ1v) is 7.61. The predicted octanol–water partition coefficient (Wildman–Crippen LogP) is 2.18. The number of nitrogens with zero attached hydrogens (tertiary/aromatic N) is 2. The van der Waals surface area contributed by atoms with Crippen LogP contribution in [0.25, 0.3) is 0 Å². The van der Waals surface area contributed by atoms with Crippen molar-refractivity contribution in [2.45, 2.75) is 6.42 Å². The highest BCUT2D eigenvalue weighted by Crippen LogP contribution is 2.27. The number of carbonyl (C=O) groups excluding carboxylic acids is 1. The number of methoxy groups -OCH3 is 2. The third-order valence-corrected chi connectivity index (χ3v) is 3.60. The molecule has 0 spiro atoms. The van der Waals surface area contributed by atoms with Gasteiger partial charge in [0.2, 0.25) is 0 Å². The lowest BCUT2D eigenvalue weighted by Crippen LogP contribution is -2.33. The molecule has 0 fully saturated rings. The number of hydrogen-bond donors (Lipinski definition) is 0. The Kier molecular flexibility index (Phi) is 6.42. The van der Waals surface area contributed by atoms with Gasteiger partial charge in [-0.25, -0.2) is 0 Å². The molecule has 0 radical (unpaired) electrons. The molecule has 0 N–H and O–H groups in total. The van der Waals surface area contributed by atoms with Crippen LogP contribution in [-0.2, 0) is 11.2 Å². The fourth-order valence-corrected chi connectivity index (χ4v) is 2.09. The largest absolute Gasteiger partial charge is 0.496 e. The van der Waals surface area contributed by atoms with Gasteiger partial charge in [0.1, 0.15) is 17.2 Å². The van der Waals surface area contributed by atoms with Crippen LogP contribution in [0.3, 0.4) is 0 Å². The summed E-state index contributed by atoms with van der Waals surface area (Å²) in [6.45, 7) is 0.580. The van der Waals surface area contributed by atoms with Crippen LogP contribution in [0.5, 0.6) is 17.2 Å². The molecule has 1 amide bonds. The number of hydrogen-bond acceptors (Lipinski definition) is 5. The Labute approximate surface area is 142 Å². The average molecular weight is 330 g/mol. The molecule has 1 heterocycles. The van der Waals surface area contributed by atoms with Crippen LogP contribution >= 0.6 is 0 Å². The van der Waals surface area contributed by atoms with Gasteiger partial charge in [-0.2, -0.15) is 0 Å². The maximum atomic E-state index is 12.2. The second kappa shape index (κ2) is 8.76. The summed E-state index contributed by atoms with van der Waals surface area (Å²) in [7, 11) is 4.90. The minimum Gasteiger partial charge on any atom is -0.496 e. The molecule has 0 atom stereocenters. The van der Waals surface area contributed by atoms with Crippen LogP contribution < -0.4 is 14.2 Å². The summed E-state index contributed by atoms with van der Waals surface area (Å²) >= 11 is 0. The van der Waals surface area contributed by atoms with Crippen molar-refractivity contribution in [1.82, 2.24) is 9.88 Å². The number of benzene rings is 1. The summed E-state index contributed by atoms with van der Waals surface area (Å²) in [5.74, 6) is 1.67. The molecule has 24 heavy (non-hydrogen) atoms. The Balaban J connectivity index is 1.85. The molecule has 2 rings (SSSR count). The van der Waals surface area contributed by atoms with E-state index in [4.69, 9.17) is 14.2 Å². The third-order valence-electron chi connectivity index (χ3n) is 3.60. The van der Waals surface area contributed by atoms with Crippen molar-refractivity contribution in [2.24, 2.45) is 0 Å². The van der Waals surface area contributed by atoms with Gasteiger partial charge in [0.25, 0.3) is 5.91 Å². The lowest BCUT2D eigenvalue weighted by molar-refractivity contribution is -0.132. The zero-order valence-corrected chi connectivity index (χ0v) is 14.2. The maximum Gasteiger partial charge on any atom is 0.260 e. The normalized spacial score (nSPS) is 10.1. The molecular formula is C18H22N2O4. The Morgan fingerprint density at radius 3 is 2.21 bits per heavy atom. The maximum absolute atomic E-state index is 12.2. The Morgan fingerprint density at radius 2 is 1.62 bits per heavy atom. The lowest BCUT2D eigenvalue weighted by atomic mass is 10.2. The van der Waals surface area contributed by atoms with Crippen molar-refractivity contribution >= 4 is 5.91 Å². The van der Waals surface area contributed by atoms with E-state index in [1.807, 2.05) is 12.1 Å². The molecule has 0 unspecified atom stereocenters. The molecule has 0 aliphatic heterocycles. The Morgan fingerprint density at radius 1 is 1.04 bits per heavy atom. The van der Waals surface area contributed by atoms with E-state index in [9.17, 15) is 4.79 Å². The minimum atomic E-state index is -0.0918. The topological polar surface area (TPSA) is 60.9 Å². The van der Waals surface area contributed by atoms with E-state index >= 15 is 0 Å². The summed E-state index contributed by atoms with van der Waals surface area (Å²) in [5.41, 5.74) is 1.14. The van der Waals surface area contributed by atoms with Gasteiger partial charge in [0.05, 0.1) is 14.2 Å². The summed E-state index contributed by atoms with van der Waals surface area (Å²) < 4.78 is 15.9. The van der Waals surface area contributed by atoms with E-state index in [1.165, 1.54) is 0 Å². The quantitative estimate of drug-likeness (QED) is 0.742. The third kappa shape index (κ3) is 5.15. The lowest BCUT2D eigenvalue weighted by Gasteiger charge is -2.18. The molecular weight excluding hydrogens is 308 g/mol. The number of carbonyl (C=O) groups is 1. The SMILES string of the molecule is COc1cc(OC)cc(OCC(=O)N(C)CCc2ccncc2)c1. The Hall–Kier alpha value is -2.76. The number of amides is 1. The zero-order valence-electron chi connectivity index (χ0n) is 14.2. The molecule has 0 bridgehead atoms. The van der Waals surface area contributed by atoms with E-state index in [0.29, 0.717) is 23.8 Å². The molecule has 0 aliphatic rings. The standard InChI is InChI=1S/C18H22N2O4/c1-20(9-6-14-4-7-19-8-5-14)18(21)13-24-17-11-15(22-2)10-16(12-17)23-3/h4-5,7-8,10-12H,6,9,13H2,1-3H3. The smallest absolute Gasteiger partial charge is 0.260 e. The monoisotopic (exact) mass is 330 g/mol. The molecule has 0 saturated heterocycles. The highest BCUT2D eigenvalue weighted by Gasteiger charge is 2.11. The van der Waals surface area contributed by atoms with E-state index in [-0.39, 0.29) is 12.5 Å². The number of pyridine rings is 1. The van der Waals surface area contributed by atoms with E-state index < -0.39 is 0 Å². The molecule has 1 aromatic carbocycles. The molecule has 6 heteroatoms. The Bertz CT molecular complexity index is 639. The van der Waals surface area contributed by atoms with Gasteiger partial charge >= 0.3 is 0 Å². The van der Waals surface area contributed by atoms with E-state index in [0.717, 1.165) is 12.0 Å². The second-order valence-electron chi connectivity index (χ2n) is 5.26. The van der Waals surface area contributed by atoms with Crippen molar-refractivity contribution in [2.75, 3.05) is 34.4 Å². The first-order valence-electron chi connectivity index (χ1n) is 7.61. The highest BCUT2D eigenvalue weighted by molar-refractivity contribution is 5.77. The van der Waals surface area contributed by atoms with Crippen molar-refractivity contribution in [3.8, 4) is 17.2 Å². The van der Waals surface area contributed by atoms with Crippen molar-refractivity contribution in [3.63, 3.8) is 0 Å². The van der Waals surface area contributed by atoms with Gasteiger partial charge in [0, 0.05) is 44.2 Å². The summed E-state index contributed by atoms with van der Waals surface area (Å²) in [5, 5.41) is 0. The minimum absolute atomic E-state index is 0.0385. The van der Waals surface area contributed by atoms with Crippen LogP contribution in [0.1, 0.15) is 5.56 Å². The number of aromatic nitrogens is 1. The fraction of sp³-hybridized carbons (Fsp3) is 0.333. The first-order chi connectivity index (χ1) is 11.6. The highest BCUT2D eigenvalue weighted by atomic mass is 16.5. The number of rotatable bonds is 8. The van der Waals surface area contributed by atoms with Crippen molar-refractivity contribution in [3.05, 3.63) is 48.3 Å². The van der Waals surface area contributed by atoms with Gasteiger partial charge in [-0.05, 0) is 24.1 Å². The van der Waals surface area contributed by atoms with Crippen LogP contribution in [-0.4, -0.2) is 50.2 Å². The summed E-state index contributed by atoms with van der Waals surface area (Å²) in [6.07, 6.45) is 4.27. The van der Waals surface area contributed by atoms with E-state index in [2.05, 4.69) is 4.98 Å². The molecule has 2 aromatic rings. The molecule has 0 saturated carbocycles. The van der Waals surface area contributed by atoms with Crippen molar-refractivity contribution in [1.29, 1.82) is 0 Å². The number of likely N-dealkylation sites (N-methyl/N-ethyl adjacent to an activating group) is 1. The molecule has 0 aliphatic carbocycles. The second-order valence-corrected chi connectivity index (χ2v) is 5.26. The van der Waals surface area contributed by atoms with Crippen LogP contribution in [0.2, 0.25) is 0 Å². The molecule has 6 nitrogen and oxygen atoms in total. The van der Waals surface area contributed by atoms with Crippen molar-refractivity contribution < 1.29 is 19.0 Å². The van der Waals surface area contributed by atoms with E-state index in [1.54, 1.807) is 56.8 Å². The summed E-state index contributed by atoms with van der Waals surface area (Å²) in [6, 6.07) is 9.06.